The summed E-state index contributed by atoms with van der Waals surface area (Å²) in [7, 11) is 0. The van der Waals surface area contributed by atoms with E-state index in [-0.39, 0.29) is 29.3 Å². The molecule has 0 heterocycles. The fourth-order valence-electron chi connectivity index (χ4n) is 6.54. The number of phenolic OH excluding ortho intramolecular Hbond substituents is 1. The summed E-state index contributed by atoms with van der Waals surface area (Å²) >= 11 is 0. The van der Waals surface area contributed by atoms with Gasteiger partial charge in [-0.05, 0) is 105 Å². The third-order valence-electron chi connectivity index (χ3n) is 9.56. The van der Waals surface area contributed by atoms with Crippen molar-refractivity contribution in [2.45, 2.75) is 109 Å². The number of halogens is 4. The van der Waals surface area contributed by atoms with E-state index in [1.54, 1.807) is 12.1 Å². The standard InChI is InChI=1S/C21H28F2O.C16H20F2O/c1-5-14-9-11-16(12-10-14)18-13-15(6-2)21(20(23)19(18)22)24-17(7-3)8-4;1-3-10-5-7-12(8-6-10)13-9-11(4-2)16(19)15(18)14(13)17/h6-7,13-14,16-17H,2-3,5,8-12H2,1,4H3;4,9-10,12,19H,2-3,5-8H2,1H3. The molecular formula is C37H48F4O2. The highest BCUT2D eigenvalue weighted by atomic mass is 19.2. The number of hydrogen-bond donors (Lipinski definition) is 1. The van der Waals surface area contributed by atoms with E-state index in [1.165, 1.54) is 18.2 Å². The molecule has 43 heavy (non-hydrogen) atoms. The van der Waals surface area contributed by atoms with Crippen LogP contribution in [0.15, 0.2) is 37.9 Å². The maximum absolute atomic E-state index is 14.7. The molecule has 1 unspecified atom stereocenters. The molecule has 2 saturated carbocycles. The van der Waals surface area contributed by atoms with Gasteiger partial charge in [-0.3, -0.25) is 0 Å². The highest BCUT2D eigenvalue weighted by Gasteiger charge is 2.29. The van der Waals surface area contributed by atoms with Crippen LogP contribution in [0, 0.1) is 35.1 Å². The van der Waals surface area contributed by atoms with Gasteiger partial charge in [0, 0.05) is 11.1 Å². The van der Waals surface area contributed by atoms with Crippen molar-refractivity contribution in [2.75, 3.05) is 0 Å². The van der Waals surface area contributed by atoms with Crippen molar-refractivity contribution in [2.24, 2.45) is 11.8 Å². The van der Waals surface area contributed by atoms with Gasteiger partial charge in [0.2, 0.25) is 11.6 Å². The first-order chi connectivity index (χ1) is 20.6. The van der Waals surface area contributed by atoms with Gasteiger partial charge in [-0.1, -0.05) is 71.6 Å². The topological polar surface area (TPSA) is 29.5 Å². The van der Waals surface area contributed by atoms with Crippen molar-refractivity contribution in [3.63, 3.8) is 0 Å². The molecular weight excluding hydrogens is 552 g/mol. The van der Waals surface area contributed by atoms with Crippen LogP contribution in [0.3, 0.4) is 0 Å². The van der Waals surface area contributed by atoms with Crippen LogP contribution in [0.4, 0.5) is 17.6 Å². The monoisotopic (exact) mass is 600 g/mol. The number of phenols is 1. The molecule has 1 atom stereocenters. The predicted molar refractivity (Wildman–Crippen MR) is 169 cm³/mol. The highest BCUT2D eigenvalue weighted by molar-refractivity contribution is 5.59. The van der Waals surface area contributed by atoms with Crippen molar-refractivity contribution in [1.29, 1.82) is 0 Å². The fourth-order valence-corrected chi connectivity index (χ4v) is 6.54. The minimum Gasteiger partial charge on any atom is -0.504 e. The molecule has 236 valence electrons. The van der Waals surface area contributed by atoms with Crippen LogP contribution < -0.4 is 4.74 Å². The lowest BCUT2D eigenvalue weighted by Gasteiger charge is -2.29. The van der Waals surface area contributed by atoms with Crippen LogP contribution >= 0.6 is 0 Å². The Hall–Kier alpha value is -3.02. The molecule has 0 amide bonds. The normalized spacial score (nSPS) is 22.6. The van der Waals surface area contributed by atoms with Gasteiger partial charge < -0.3 is 9.84 Å². The number of rotatable bonds is 10. The Morgan fingerprint density at radius 3 is 1.56 bits per heavy atom. The number of hydrogen-bond acceptors (Lipinski definition) is 2. The summed E-state index contributed by atoms with van der Waals surface area (Å²) < 4.78 is 62.6. The van der Waals surface area contributed by atoms with Crippen LogP contribution in [0.1, 0.15) is 125 Å². The summed E-state index contributed by atoms with van der Waals surface area (Å²) in [5.74, 6) is -2.86. The molecule has 0 radical (unpaired) electrons. The largest absolute Gasteiger partial charge is 0.504 e. The molecule has 0 aliphatic heterocycles. The van der Waals surface area contributed by atoms with Gasteiger partial charge in [-0.25, -0.2) is 8.78 Å². The van der Waals surface area contributed by atoms with Crippen LogP contribution in [0.25, 0.3) is 12.2 Å². The van der Waals surface area contributed by atoms with Gasteiger partial charge in [0.15, 0.2) is 23.1 Å². The Kier molecular flexibility index (Phi) is 13.0. The van der Waals surface area contributed by atoms with Crippen LogP contribution in [-0.4, -0.2) is 11.2 Å². The zero-order valence-corrected chi connectivity index (χ0v) is 26.0. The molecule has 2 aromatic rings. The summed E-state index contributed by atoms with van der Waals surface area (Å²) in [5, 5.41) is 9.50. The van der Waals surface area contributed by atoms with Crippen LogP contribution in [0.5, 0.6) is 11.5 Å². The summed E-state index contributed by atoms with van der Waals surface area (Å²) in [6.45, 7) is 17.2. The van der Waals surface area contributed by atoms with Crippen molar-refractivity contribution in [1.82, 2.24) is 0 Å². The van der Waals surface area contributed by atoms with E-state index in [4.69, 9.17) is 4.74 Å². The molecule has 2 nitrogen and oxygen atoms in total. The molecule has 1 N–H and O–H groups in total. The van der Waals surface area contributed by atoms with Crippen molar-refractivity contribution >= 4 is 12.2 Å². The maximum Gasteiger partial charge on any atom is 0.201 e. The number of benzene rings is 2. The third-order valence-corrected chi connectivity index (χ3v) is 9.56. The second-order valence-electron chi connectivity index (χ2n) is 12.0. The van der Waals surface area contributed by atoms with Crippen molar-refractivity contribution in [3.05, 3.63) is 83.5 Å². The SMILES string of the molecule is C=Cc1cc(C2CCC(CC)CC2)c(F)c(F)c1O.C=Cc1cc(C2CCC(CC)CC2)c(F)c(F)c1OC(C=C)CC. The Morgan fingerprint density at radius 1 is 0.721 bits per heavy atom. The second-order valence-corrected chi connectivity index (χ2v) is 12.0. The summed E-state index contributed by atoms with van der Waals surface area (Å²) in [6, 6.07) is 3.26. The number of aromatic hydroxyl groups is 1. The molecule has 0 aromatic heterocycles. The lowest BCUT2D eigenvalue weighted by Crippen LogP contribution is -2.17. The Bertz CT molecular complexity index is 1250. The molecule has 6 heteroatoms. The van der Waals surface area contributed by atoms with Gasteiger partial charge in [0.25, 0.3) is 0 Å². The smallest absolute Gasteiger partial charge is 0.201 e. The van der Waals surface area contributed by atoms with E-state index in [2.05, 4.69) is 33.6 Å². The minimum atomic E-state index is -1.15. The molecule has 0 bridgehead atoms. The third kappa shape index (κ3) is 8.13. The Labute approximate surface area is 255 Å². The molecule has 2 aliphatic rings. The summed E-state index contributed by atoms with van der Waals surface area (Å²) in [6.07, 6.45) is 15.0. The van der Waals surface area contributed by atoms with E-state index in [0.29, 0.717) is 34.9 Å². The fraction of sp³-hybridized carbons (Fsp3) is 0.514. The predicted octanol–water partition coefficient (Wildman–Crippen LogP) is 11.6. The van der Waals surface area contributed by atoms with E-state index in [9.17, 15) is 22.7 Å². The first-order valence-electron chi connectivity index (χ1n) is 15.9. The van der Waals surface area contributed by atoms with Gasteiger partial charge in [0.1, 0.15) is 6.10 Å². The highest BCUT2D eigenvalue weighted by Crippen LogP contribution is 2.42. The number of ether oxygens (including phenoxy) is 1. The van der Waals surface area contributed by atoms with Crippen molar-refractivity contribution < 1.29 is 27.4 Å². The average Bonchev–Trinajstić information content (AvgIpc) is 3.05. The zero-order valence-electron chi connectivity index (χ0n) is 26.0. The maximum atomic E-state index is 14.7. The lowest BCUT2D eigenvalue weighted by molar-refractivity contribution is 0.229. The molecule has 2 fully saturated rings. The van der Waals surface area contributed by atoms with Crippen molar-refractivity contribution in [3.8, 4) is 11.5 Å². The van der Waals surface area contributed by atoms with E-state index < -0.39 is 29.0 Å². The van der Waals surface area contributed by atoms with E-state index in [0.717, 1.165) is 64.2 Å². The average molecular weight is 601 g/mol. The summed E-state index contributed by atoms with van der Waals surface area (Å²) in [5.41, 5.74) is 1.64. The Morgan fingerprint density at radius 2 is 1.16 bits per heavy atom. The molecule has 0 saturated heterocycles. The quantitative estimate of drug-likeness (QED) is 0.217. The van der Waals surface area contributed by atoms with Gasteiger partial charge in [0.05, 0.1) is 0 Å². The van der Waals surface area contributed by atoms with Crippen LogP contribution in [-0.2, 0) is 0 Å². The first-order valence-corrected chi connectivity index (χ1v) is 15.9. The van der Waals surface area contributed by atoms with E-state index in [1.807, 2.05) is 6.92 Å². The molecule has 0 spiro atoms. The minimum absolute atomic E-state index is 0.0524. The van der Waals surface area contributed by atoms with Gasteiger partial charge in [-0.2, -0.15) is 8.78 Å². The van der Waals surface area contributed by atoms with Gasteiger partial charge in [-0.15, -0.1) is 0 Å². The zero-order chi connectivity index (χ0) is 31.7. The Balaban J connectivity index is 0.000000242. The first kappa shape index (κ1) is 34.5. The molecule has 4 rings (SSSR count). The second kappa shape index (κ2) is 16.2. The molecule has 2 aliphatic carbocycles. The van der Waals surface area contributed by atoms with E-state index >= 15 is 0 Å². The van der Waals surface area contributed by atoms with Gasteiger partial charge >= 0.3 is 0 Å². The molecule has 2 aromatic carbocycles. The lowest BCUT2D eigenvalue weighted by atomic mass is 9.77. The summed E-state index contributed by atoms with van der Waals surface area (Å²) in [4.78, 5) is 0. The van der Waals surface area contributed by atoms with Crippen LogP contribution in [0.2, 0.25) is 0 Å².